The Labute approximate surface area is 163 Å². The zero-order valence-corrected chi connectivity index (χ0v) is 17.3. The molecule has 146 valence electrons. The second kappa shape index (κ2) is 7.47. The SMILES string of the molecule is CCOC(=O)c1sc(N(C2CC2)S(=O)(=O)c2ccc(OC)c(C)c2)nc1C. The summed E-state index contributed by atoms with van der Waals surface area (Å²) in [5.74, 6) is 0.147. The Morgan fingerprint density at radius 2 is 2.04 bits per heavy atom. The number of benzene rings is 1. The number of carbonyl (C=O) groups is 1. The molecule has 0 amide bonds. The van der Waals surface area contributed by atoms with Crippen LogP contribution < -0.4 is 9.04 Å². The second-order valence-electron chi connectivity index (χ2n) is 6.29. The maximum atomic E-state index is 13.3. The largest absolute Gasteiger partial charge is 0.496 e. The molecule has 1 heterocycles. The molecular weight excluding hydrogens is 388 g/mol. The van der Waals surface area contributed by atoms with Gasteiger partial charge in [-0.15, -0.1) is 0 Å². The first-order valence-electron chi connectivity index (χ1n) is 8.63. The van der Waals surface area contributed by atoms with Crippen molar-refractivity contribution in [2.75, 3.05) is 18.0 Å². The first kappa shape index (κ1) is 19.6. The van der Waals surface area contributed by atoms with Gasteiger partial charge in [0.15, 0.2) is 0 Å². The molecule has 1 fully saturated rings. The number of aromatic nitrogens is 1. The molecule has 7 nitrogen and oxygen atoms in total. The topological polar surface area (TPSA) is 85.8 Å². The van der Waals surface area contributed by atoms with Gasteiger partial charge in [-0.05, 0) is 57.4 Å². The first-order valence-corrected chi connectivity index (χ1v) is 10.9. The van der Waals surface area contributed by atoms with Gasteiger partial charge in [-0.1, -0.05) is 11.3 Å². The van der Waals surface area contributed by atoms with Gasteiger partial charge in [0.2, 0.25) is 5.13 Å². The van der Waals surface area contributed by atoms with E-state index in [2.05, 4.69) is 4.98 Å². The third-order valence-corrected chi connectivity index (χ3v) is 7.33. The van der Waals surface area contributed by atoms with Crippen LogP contribution in [0.4, 0.5) is 5.13 Å². The van der Waals surface area contributed by atoms with Crippen molar-refractivity contribution in [1.29, 1.82) is 0 Å². The molecule has 1 aromatic heterocycles. The summed E-state index contributed by atoms with van der Waals surface area (Å²) in [6.07, 6.45) is 1.53. The number of hydrogen-bond donors (Lipinski definition) is 0. The standard InChI is InChI=1S/C18H22N2O5S2/c1-5-25-17(21)16-12(3)19-18(26-16)20(13-6-7-13)27(22,23)14-8-9-15(24-4)11(2)10-14/h8-10,13H,5-7H2,1-4H3. The van der Waals surface area contributed by atoms with E-state index < -0.39 is 16.0 Å². The van der Waals surface area contributed by atoms with Crippen LogP contribution >= 0.6 is 11.3 Å². The smallest absolute Gasteiger partial charge is 0.350 e. The van der Waals surface area contributed by atoms with Crippen molar-refractivity contribution in [2.24, 2.45) is 0 Å². The summed E-state index contributed by atoms with van der Waals surface area (Å²) < 4.78 is 38.2. The van der Waals surface area contributed by atoms with Gasteiger partial charge in [-0.25, -0.2) is 22.5 Å². The molecule has 9 heteroatoms. The van der Waals surface area contributed by atoms with Crippen molar-refractivity contribution in [3.8, 4) is 5.75 Å². The Morgan fingerprint density at radius 1 is 1.33 bits per heavy atom. The van der Waals surface area contributed by atoms with Gasteiger partial charge in [0.25, 0.3) is 10.0 Å². The predicted octanol–water partition coefficient (Wildman–Crippen LogP) is 3.30. The van der Waals surface area contributed by atoms with Crippen LogP contribution in [0.3, 0.4) is 0 Å². The normalized spacial score (nSPS) is 14.1. The molecule has 3 rings (SSSR count). The third kappa shape index (κ3) is 3.79. The molecule has 0 radical (unpaired) electrons. The van der Waals surface area contributed by atoms with E-state index >= 15 is 0 Å². The van der Waals surface area contributed by atoms with Gasteiger partial charge in [0.1, 0.15) is 10.6 Å². The van der Waals surface area contributed by atoms with E-state index in [1.165, 1.54) is 10.4 Å². The third-order valence-electron chi connectivity index (χ3n) is 4.24. The van der Waals surface area contributed by atoms with Crippen LogP contribution in [-0.4, -0.2) is 39.1 Å². The molecule has 27 heavy (non-hydrogen) atoms. The summed E-state index contributed by atoms with van der Waals surface area (Å²) in [6.45, 7) is 5.45. The number of nitrogens with zero attached hydrogens (tertiary/aromatic N) is 2. The van der Waals surface area contributed by atoms with Gasteiger partial charge in [-0.2, -0.15) is 0 Å². The minimum atomic E-state index is -3.81. The average Bonchev–Trinajstić information content (AvgIpc) is 3.36. The summed E-state index contributed by atoms with van der Waals surface area (Å²) in [4.78, 5) is 17.0. The molecule has 1 aliphatic carbocycles. The van der Waals surface area contributed by atoms with Crippen molar-refractivity contribution in [2.45, 2.75) is 44.6 Å². The molecule has 1 saturated carbocycles. The molecule has 0 atom stereocenters. The summed E-state index contributed by atoms with van der Waals surface area (Å²) in [5.41, 5.74) is 1.21. The number of anilines is 1. The van der Waals surface area contributed by atoms with Crippen molar-refractivity contribution >= 4 is 32.5 Å². The lowest BCUT2D eigenvalue weighted by atomic mass is 10.2. The lowest BCUT2D eigenvalue weighted by molar-refractivity contribution is 0.0531. The van der Waals surface area contributed by atoms with Gasteiger partial charge >= 0.3 is 5.97 Å². The lowest BCUT2D eigenvalue weighted by Crippen LogP contribution is -2.33. The number of thiazole rings is 1. The zero-order valence-electron chi connectivity index (χ0n) is 15.7. The van der Waals surface area contributed by atoms with E-state index in [0.717, 1.165) is 29.7 Å². The van der Waals surface area contributed by atoms with Crippen LogP contribution in [-0.2, 0) is 14.8 Å². The highest BCUT2D eigenvalue weighted by atomic mass is 32.2. The van der Waals surface area contributed by atoms with Gasteiger partial charge in [0, 0.05) is 6.04 Å². The highest BCUT2D eigenvalue weighted by molar-refractivity contribution is 7.93. The van der Waals surface area contributed by atoms with Crippen LogP contribution in [0.5, 0.6) is 5.75 Å². The number of aryl methyl sites for hydroxylation is 2. The Balaban J connectivity index is 2.02. The van der Waals surface area contributed by atoms with Crippen LogP contribution in [0, 0.1) is 13.8 Å². The molecule has 0 saturated heterocycles. The first-order chi connectivity index (χ1) is 12.8. The minimum Gasteiger partial charge on any atom is -0.496 e. The number of esters is 1. The maximum absolute atomic E-state index is 13.3. The highest BCUT2D eigenvalue weighted by Gasteiger charge is 2.41. The van der Waals surface area contributed by atoms with E-state index in [9.17, 15) is 13.2 Å². The van der Waals surface area contributed by atoms with Gasteiger partial charge < -0.3 is 9.47 Å². The molecule has 0 N–H and O–H groups in total. The fourth-order valence-electron chi connectivity index (χ4n) is 2.75. The number of rotatable bonds is 7. The zero-order chi connectivity index (χ0) is 19.8. The van der Waals surface area contributed by atoms with Crippen LogP contribution in [0.25, 0.3) is 0 Å². The molecule has 0 aliphatic heterocycles. The van der Waals surface area contributed by atoms with Crippen molar-refractivity contribution in [3.05, 3.63) is 34.3 Å². The highest BCUT2D eigenvalue weighted by Crippen LogP contribution is 2.40. The Bertz CT molecular complexity index is 964. The Hall–Kier alpha value is -2.13. The fourth-order valence-corrected chi connectivity index (χ4v) is 5.74. The molecule has 0 spiro atoms. The van der Waals surface area contributed by atoms with Gasteiger partial charge in [-0.3, -0.25) is 0 Å². The molecule has 0 bridgehead atoms. The summed E-state index contributed by atoms with van der Waals surface area (Å²) >= 11 is 1.05. The van der Waals surface area contributed by atoms with E-state index in [0.29, 0.717) is 21.5 Å². The van der Waals surface area contributed by atoms with E-state index in [4.69, 9.17) is 9.47 Å². The van der Waals surface area contributed by atoms with E-state index in [-0.39, 0.29) is 17.5 Å². The monoisotopic (exact) mass is 410 g/mol. The summed E-state index contributed by atoms with van der Waals surface area (Å²) in [6, 6.07) is 4.63. The Morgan fingerprint density at radius 3 is 2.59 bits per heavy atom. The van der Waals surface area contributed by atoms with Crippen LogP contribution in [0.15, 0.2) is 23.1 Å². The van der Waals surface area contributed by atoms with E-state index in [1.54, 1.807) is 40.0 Å². The number of methoxy groups -OCH3 is 1. The Kier molecular flexibility index (Phi) is 5.43. The number of carbonyl (C=O) groups excluding carboxylic acids is 1. The summed E-state index contributed by atoms with van der Waals surface area (Å²) in [5, 5.41) is 0.298. The van der Waals surface area contributed by atoms with E-state index in [1.807, 2.05) is 0 Å². The maximum Gasteiger partial charge on any atom is 0.350 e. The van der Waals surface area contributed by atoms with Crippen molar-refractivity contribution < 1.29 is 22.7 Å². The van der Waals surface area contributed by atoms with Crippen molar-refractivity contribution in [3.63, 3.8) is 0 Å². The lowest BCUT2D eigenvalue weighted by Gasteiger charge is -2.21. The molecule has 2 aromatic rings. The number of hydrogen-bond acceptors (Lipinski definition) is 7. The summed E-state index contributed by atoms with van der Waals surface area (Å²) in [7, 11) is -2.26. The quantitative estimate of drug-likeness (QED) is 0.651. The molecule has 1 aromatic carbocycles. The predicted molar refractivity (Wildman–Crippen MR) is 103 cm³/mol. The van der Waals surface area contributed by atoms with Gasteiger partial charge in [0.05, 0.1) is 24.3 Å². The van der Waals surface area contributed by atoms with Crippen LogP contribution in [0.1, 0.15) is 40.7 Å². The molecule has 1 aliphatic rings. The minimum absolute atomic E-state index is 0.141. The average molecular weight is 411 g/mol. The van der Waals surface area contributed by atoms with Crippen LogP contribution in [0.2, 0.25) is 0 Å². The molecule has 0 unspecified atom stereocenters. The second-order valence-corrected chi connectivity index (χ2v) is 9.09. The van der Waals surface area contributed by atoms with Crippen molar-refractivity contribution in [1.82, 2.24) is 4.98 Å². The fraction of sp³-hybridized carbons (Fsp3) is 0.444. The molecular formula is C18H22N2O5S2. The number of ether oxygens (including phenoxy) is 2. The number of sulfonamides is 1.